The van der Waals surface area contributed by atoms with Gasteiger partial charge in [0.15, 0.2) is 5.96 Å². The highest BCUT2D eigenvalue weighted by Crippen LogP contribution is 2.24. The highest BCUT2D eigenvalue weighted by molar-refractivity contribution is 14.0. The van der Waals surface area contributed by atoms with Gasteiger partial charge in [0, 0.05) is 44.0 Å². The van der Waals surface area contributed by atoms with E-state index in [1.54, 1.807) is 0 Å². The fourth-order valence-corrected chi connectivity index (χ4v) is 3.44. The monoisotopic (exact) mass is 518 g/mol. The number of hydrogen-bond acceptors (Lipinski definition) is 3. The van der Waals surface area contributed by atoms with Gasteiger partial charge in [-0.2, -0.15) is 5.10 Å². The Bertz CT molecular complexity index is 810. The minimum atomic E-state index is -0.553. The van der Waals surface area contributed by atoms with E-state index in [2.05, 4.69) is 25.8 Å². The fraction of sp³-hybridized carbons (Fsp3) is 0.500. The maximum Gasteiger partial charge on any atom is 0.191 e. The predicted octanol–water partition coefficient (Wildman–Crippen LogP) is 3.38. The predicted molar refractivity (Wildman–Crippen MR) is 123 cm³/mol. The van der Waals surface area contributed by atoms with Crippen molar-refractivity contribution in [3.05, 3.63) is 47.3 Å². The molecule has 0 saturated carbocycles. The second-order valence-electron chi connectivity index (χ2n) is 7.06. The Labute approximate surface area is 187 Å². The molecule has 3 rings (SSSR count). The van der Waals surface area contributed by atoms with Gasteiger partial charge in [-0.25, -0.2) is 8.78 Å². The van der Waals surface area contributed by atoms with Crippen LogP contribution in [0.25, 0.3) is 0 Å². The minimum Gasteiger partial charge on any atom is -0.367 e. The second-order valence-corrected chi connectivity index (χ2v) is 7.06. The van der Waals surface area contributed by atoms with Crippen LogP contribution in [0, 0.1) is 18.6 Å². The van der Waals surface area contributed by atoms with Crippen LogP contribution in [0.5, 0.6) is 0 Å². The summed E-state index contributed by atoms with van der Waals surface area (Å²) in [4.78, 5) is 6.60. The molecule has 1 fully saturated rings. The molecule has 0 bridgehead atoms. The molecule has 0 amide bonds. The van der Waals surface area contributed by atoms with E-state index in [0.29, 0.717) is 18.8 Å². The lowest BCUT2D eigenvalue weighted by Crippen LogP contribution is -2.44. The summed E-state index contributed by atoms with van der Waals surface area (Å²) >= 11 is 0. The average molecular weight is 518 g/mol. The summed E-state index contributed by atoms with van der Waals surface area (Å²) in [6.45, 7) is 6.91. The normalized spacial score (nSPS) is 16.6. The molecule has 3 N–H and O–H groups in total. The van der Waals surface area contributed by atoms with Gasteiger partial charge >= 0.3 is 0 Å². The summed E-state index contributed by atoms with van der Waals surface area (Å²) in [6, 6.07) is 3.90. The second kappa shape index (κ2) is 11.3. The molecule has 1 aliphatic rings. The summed E-state index contributed by atoms with van der Waals surface area (Å²) in [5.74, 6) is -0.295. The molecule has 0 aliphatic carbocycles. The highest BCUT2D eigenvalue weighted by atomic mass is 127. The van der Waals surface area contributed by atoms with Crippen LogP contribution in [-0.2, 0) is 6.42 Å². The van der Waals surface area contributed by atoms with Crippen LogP contribution in [0.4, 0.5) is 14.5 Å². The van der Waals surface area contributed by atoms with Gasteiger partial charge in [-0.05, 0) is 50.8 Å². The molecule has 1 unspecified atom stereocenters. The number of anilines is 1. The number of nitrogens with one attached hydrogen (secondary N) is 3. The molecule has 9 heteroatoms. The van der Waals surface area contributed by atoms with Gasteiger partial charge in [0.2, 0.25) is 0 Å². The lowest BCUT2D eigenvalue weighted by atomic mass is 10.1. The fourth-order valence-electron chi connectivity index (χ4n) is 3.44. The van der Waals surface area contributed by atoms with Crippen LogP contribution < -0.4 is 15.5 Å². The number of nitrogens with zero attached hydrogens (tertiary/aromatic N) is 3. The number of aryl methyl sites for hydroxylation is 2. The van der Waals surface area contributed by atoms with Crippen LogP contribution in [0.2, 0.25) is 0 Å². The van der Waals surface area contributed by atoms with Crippen LogP contribution in [0.15, 0.2) is 29.4 Å². The first kappa shape index (κ1) is 23.4. The van der Waals surface area contributed by atoms with E-state index in [4.69, 9.17) is 0 Å². The van der Waals surface area contributed by atoms with Gasteiger partial charge in [0.05, 0.1) is 11.9 Å². The Balaban J connectivity index is 0.00000300. The molecule has 6 nitrogen and oxygen atoms in total. The highest BCUT2D eigenvalue weighted by Gasteiger charge is 2.25. The molecular weight excluding hydrogens is 489 g/mol. The molecule has 0 radical (unpaired) electrons. The van der Waals surface area contributed by atoms with E-state index >= 15 is 0 Å². The molecule has 1 atom stereocenters. The molecular formula is C20H29F2IN6. The van der Waals surface area contributed by atoms with Crippen molar-refractivity contribution in [3.8, 4) is 0 Å². The molecule has 2 aromatic rings. The van der Waals surface area contributed by atoms with Crippen LogP contribution in [-0.4, -0.2) is 48.4 Å². The Morgan fingerprint density at radius 2 is 2.21 bits per heavy atom. The Morgan fingerprint density at radius 1 is 1.38 bits per heavy atom. The standard InChI is InChI=1S/C20H28F2N6.HI/c1-3-23-20(24-9-4-5-15-12-25-27-14(15)2)26-17-8-10-28(13-17)19-7-6-16(21)11-18(19)22;/h6-7,11-12,17H,3-5,8-10,13H2,1-2H3,(H,25,27)(H2,23,24,26);1H. The van der Waals surface area contributed by atoms with Crippen LogP contribution >= 0.6 is 24.0 Å². The first-order valence-corrected chi connectivity index (χ1v) is 9.80. The number of aromatic amines is 1. The molecule has 29 heavy (non-hydrogen) atoms. The molecule has 1 aromatic carbocycles. The molecule has 0 spiro atoms. The molecule has 1 aromatic heterocycles. The van der Waals surface area contributed by atoms with E-state index in [1.807, 2.05) is 24.9 Å². The summed E-state index contributed by atoms with van der Waals surface area (Å²) < 4.78 is 27.1. The van der Waals surface area contributed by atoms with E-state index in [-0.39, 0.29) is 30.0 Å². The largest absolute Gasteiger partial charge is 0.367 e. The smallest absolute Gasteiger partial charge is 0.191 e. The zero-order valence-corrected chi connectivity index (χ0v) is 19.2. The first-order chi connectivity index (χ1) is 13.6. The minimum absolute atomic E-state index is 0. The van der Waals surface area contributed by atoms with Crippen LogP contribution in [0.1, 0.15) is 31.0 Å². The average Bonchev–Trinajstić information content (AvgIpc) is 3.28. The van der Waals surface area contributed by atoms with E-state index in [9.17, 15) is 8.78 Å². The van der Waals surface area contributed by atoms with Gasteiger partial charge in [0.25, 0.3) is 0 Å². The number of hydrogen-bond donors (Lipinski definition) is 3. The number of aliphatic imine (C=N–C) groups is 1. The Kier molecular flexibility index (Phi) is 9.12. The SMILES string of the molecule is CCNC(=NCCCc1cn[nH]c1C)NC1CCN(c2ccc(F)cc2F)C1.I. The zero-order valence-electron chi connectivity index (χ0n) is 16.8. The molecule has 1 saturated heterocycles. The third-order valence-electron chi connectivity index (χ3n) is 4.93. The third kappa shape index (κ3) is 6.55. The van der Waals surface area contributed by atoms with E-state index in [1.165, 1.54) is 17.7 Å². The Morgan fingerprint density at radius 3 is 2.90 bits per heavy atom. The van der Waals surface area contributed by atoms with Crippen molar-refractivity contribution in [1.82, 2.24) is 20.8 Å². The summed E-state index contributed by atoms with van der Waals surface area (Å²) in [7, 11) is 0. The van der Waals surface area contributed by atoms with Crippen molar-refractivity contribution in [1.29, 1.82) is 0 Å². The van der Waals surface area contributed by atoms with Gasteiger partial charge in [0.1, 0.15) is 11.6 Å². The molecule has 2 heterocycles. The molecule has 1 aliphatic heterocycles. The number of halogens is 3. The number of H-pyrrole nitrogens is 1. The van der Waals surface area contributed by atoms with Crippen molar-refractivity contribution in [2.45, 2.75) is 39.2 Å². The molecule has 160 valence electrons. The lowest BCUT2D eigenvalue weighted by molar-refractivity contribution is 0.580. The van der Waals surface area contributed by atoms with Gasteiger partial charge in [-0.15, -0.1) is 24.0 Å². The summed E-state index contributed by atoms with van der Waals surface area (Å²) in [5, 5.41) is 13.7. The van der Waals surface area contributed by atoms with Crippen molar-refractivity contribution >= 4 is 35.6 Å². The number of aromatic nitrogens is 2. The van der Waals surface area contributed by atoms with Gasteiger partial charge in [-0.3, -0.25) is 10.1 Å². The number of benzene rings is 1. The van der Waals surface area contributed by atoms with Crippen molar-refractivity contribution in [2.75, 3.05) is 31.1 Å². The van der Waals surface area contributed by atoms with Gasteiger partial charge < -0.3 is 15.5 Å². The third-order valence-corrected chi connectivity index (χ3v) is 4.93. The van der Waals surface area contributed by atoms with Crippen molar-refractivity contribution in [2.24, 2.45) is 4.99 Å². The lowest BCUT2D eigenvalue weighted by Gasteiger charge is -2.21. The number of guanidine groups is 1. The summed E-state index contributed by atoms with van der Waals surface area (Å²) in [6.07, 6.45) is 4.61. The maximum absolute atomic E-state index is 14.0. The van der Waals surface area contributed by atoms with E-state index < -0.39 is 11.6 Å². The van der Waals surface area contributed by atoms with E-state index in [0.717, 1.165) is 50.1 Å². The topological polar surface area (TPSA) is 68.3 Å². The zero-order chi connectivity index (χ0) is 19.9. The number of rotatable bonds is 7. The van der Waals surface area contributed by atoms with Gasteiger partial charge in [-0.1, -0.05) is 0 Å². The summed E-state index contributed by atoms with van der Waals surface area (Å²) in [5.41, 5.74) is 2.78. The van der Waals surface area contributed by atoms with Crippen molar-refractivity contribution < 1.29 is 8.78 Å². The Hall–Kier alpha value is -1.91. The first-order valence-electron chi connectivity index (χ1n) is 9.80. The van der Waals surface area contributed by atoms with Crippen LogP contribution in [0.3, 0.4) is 0 Å². The quantitative estimate of drug-likeness (QED) is 0.228. The maximum atomic E-state index is 14.0. The van der Waals surface area contributed by atoms with Crippen molar-refractivity contribution in [3.63, 3.8) is 0 Å².